The summed E-state index contributed by atoms with van der Waals surface area (Å²) in [6.07, 6.45) is 0.639. The quantitative estimate of drug-likeness (QED) is 0.791. The summed E-state index contributed by atoms with van der Waals surface area (Å²) in [5.74, 6) is -0.969. The molecule has 0 unspecified atom stereocenters. The molecule has 0 aliphatic heterocycles. The maximum atomic E-state index is 10.6. The van der Waals surface area contributed by atoms with Crippen molar-refractivity contribution in [2.75, 3.05) is 0 Å². The molecule has 1 aromatic carbocycles. The van der Waals surface area contributed by atoms with Crippen molar-refractivity contribution in [3.8, 4) is 5.75 Å². The van der Waals surface area contributed by atoms with Crippen LogP contribution >= 0.6 is 11.6 Å². The van der Waals surface area contributed by atoms with E-state index < -0.39 is 5.97 Å². The van der Waals surface area contributed by atoms with Gasteiger partial charge < -0.3 is 10.2 Å². The van der Waals surface area contributed by atoms with Crippen LogP contribution in [0.25, 0.3) is 0 Å². The maximum absolute atomic E-state index is 10.6. The molecule has 1 saturated carbocycles. The van der Waals surface area contributed by atoms with Crippen LogP contribution in [0.4, 0.5) is 0 Å². The molecule has 0 bridgehead atoms. The number of hydrogen-bond acceptors (Lipinski definition) is 2. The van der Waals surface area contributed by atoms with Crippen LogP contribution in [0, 0.1) is 5.92 Å². The Morgan fingerprint density at radius 2 is 2.21 bits per heavy atom. The monoisotopic (exact) mass is 212 g/mol. The van der Waals surface area contributed by atoms with Gasteiger partial charge in [0.1, 0.15) is 5.75 Å². The number of carboxylic acid groups (broad SMARTS) is 1. The van der Waals surface area contributed by atoms with Gasteiger partial charge >= 0.3 is 5.97 Å². The van der Waals surface area contributed by atoms with E-state index in [9.17, 15) is 4.79 Å². The molecule has 4 heteroatoms. The molecule has 1 aliphatic carbocycles. The van der Waals surface area contributed by atoms with Gasteiger partial charge in [-0.15, -0.1) is 0 Å². The topological polar surface area (TPSA) is 57.5 Å². The number of aromatic hydroxyl groups is 1. The Hall–Kier alpha value is -1.22. The first-order valence-electron chi connectivity index (χ1n) is 4.31. The second-order valence-electron chi connectivity index (χ2n) is 3.49. The third-order valence-electron chi connectivity index (χ3n) is 2.49. The van der Waals surface area contributed by atoms with Crippen molar-refractivity contribution in [3.05, 3.63) is 28.8 Å². The predicted octanol–water partition coefficient (Wildman–Crippen LogP) is 2.23. The van der Waals surface area contributed by atoms with E-state index in [1.54, 1.807) is 6.07 Å². The van der Waals surface area contributed by atoms with Gasteiger partial charge in [-0.1, -0.05) is 17.7 Å². The van der Waals surface area contributed by atoms with Gasteiger partial charge in [-0.05, 0) is 30.0 Å². The fourth-order valence-electron chi connectivity index (χ4n) is 1.63. The summed E-state index contributed by atoms with van der Waals surface area (Å²) in [5.41, 5.74) is 0.817. The summed E-state index contributed by atoms with van der Waals surface area (Å²) in [6, 6.07) is 4.65. The Kier molecular flexibility index (Phi) is 2.11. The molecule has 74 valence electrons. The molecule has 2 atom stereocenters. The normalized spacial score (nSPS) is 24.6. The molecule has 2 rings (SSSR count). The third-order valence-corrected chi connectivity index (χ3v) is 2.82. The number of aliphatic carboxylic acids is 1. The first-order chi connectivity index (χ1) is 6.59. The highest BCUT2D eigenvalue weighted by atomic mass is 35.5. The zero-order chi connectivity index (χ0) is 10.3. The summed E-state index contributed by atoms with van der Waals surface area (Å²) in [7, 11) is 0. The Labute approximate surface area is 85.9 Å². The van der Waals surface area contributed by atoms with Crippen molar-refractivity contribution in [1.82, 2.24) is 0 Å². The number of rotatable bonds is 2. The van der Waals surface area contributed by atoms with E-state index in [1.165, 1.54) is 12.1 Å². The first kappa shape index (κ1) is 9.34. The lowest BCUT2D eigenvalue weighted by Crippen LogP contribution is -1.99. The van der Waals surface area contributed by atoms with Crippen LogP contribution in [0.2, 0.25) is 5.02 Å². The van der Waals surface area contributed by atoms with Gasteiger partial charge in [-0.3, -0.25) is 4.79 Å². The van der Waals surface area contributed by atoms with E-state index in [2.05, 4.69) is 0 Å². The second kappa shape index (κ2) is 3.17. The van der Waals surface area contributed by atoms with E-state index in [4.69, 9.17) is 21.8 Å². The highest BCUT2D eigenvalue weighted by Crippen LogP contribution is 2.50. The minimum Gasteiger partial charge on any atom is -0.508 e. The fourth-order valence-corrected chi connectivity index (χ4v) is 1.94. The van der Waals surface area contributed by atoms with Gasteiger partial charge in [0.2, 0.25) is 0 Å². The lowest BCUT2D eigenvalue weighted by Gasteiger charge is -2.02. The standard InChI is InChI=1S/C10H9ClO3/c11-9-3-5(12)1-2-6(9)7-4-8(7)10(13)14/h1-3,7-8,12H,4H2,(H,13,14)/t7-,8+/m0/s1. The van der Waals surface area contributed by atoms with Crippen LogP contribution in [0.3, 0.4) is 0 Å². The molecule has 0 heterocycles. The molecular weight excluding hydrogens is 204 g/mol. The van der Waals surface area contributed by atoms with Gasteiger partial charge in [0.25, 0.3) is 0 Å². The van der Waals surface area contributed by atoms with Gasteiger partial charge in [0.05, 0.1) is 5.92 Å². The molecule has 1 aliphatic rings. The third kappa shape index (κ3) is 1.55. The molecule has 0 radical (unpaired) electrons. The van der Waals surface area contributed by atoms with Crippen LogP contribution in [0.15, 0.2) is 18.2 Å². The Bertz CT molecular complexity index is 389. The molecule has 0 amide bonds. The fraction of sp³-hybridized carbons (Fsp3) is 0.300. The van der Waals surface area contributed by atoms with Crippen LogP contribution < -0.4 is 0 Å². The van der Waals surface area contributed by atoms with Crippen LogP contribution in [-0.2, 0) is 4.79 Å². The second-order valence-corrected chi connectivity index (χ2v) is 3.90. The predicted molar refractivity (Wildman–Crippen MR) is 51.6 cm³/mol. The van der Waals surface area contributed by atoms with Gasteiger partial charge in [-0.25, -0.2) is 0 Å². The van der Waals surface area contributed by atoms with Crippen molar-refractivity contribution < 1.29 is 15.0 Å². The zero-order valence-corrected chi connectivity index (χ0v) is 8.03. The lowest BCUT2D eigenvalue weighted by atomic mass is 10.1. The minimum atomic E-state index is -0.779. The van der Waals surface area contributed by atoms with Crippen molar-refractivity contribution in [2.24, 2.45) is 5.92 Å². The summed E-state index contributed by atoms with van der Waals surface area (Å²) in [4.78, 5) is 10.6. The maximum Gasteiger partial charge on any atom is 0.307 e. The van der Waals surface area contributed by atoms with E-state index in [1.807, 2.05) is 0 Å². The van der Waals surface area contributed by atoms with E-state index in [0.717, 1.165) is 5.56 Å². The SMILES string of the molecule is O=C(O)[C@@H]1C[C@H]1c1ccc(O)cc1Cl. The summed E-state index contributed by atoms with van der Waals surface area (Å²) >= 11 is 5.88. The summed E-state index contributed by atoms with van der Waals surface area (Å²) in [5, 5.41) is 18.3. The number of carbonyl (C=O) groups is 1. The largest absolute Gasteiger partial charge is 0.508 e. The smallest absolute Gasteiger partial charge is 0.307 e. The number of halogens is 1. The minimum absolute atomic E-state index is 0.0144. The molecule has 0 spiro atoms. The number of benzene rings is 1. The Morgan fingerprint density at radius 3 is 2.71 bits per heavy atom. The van der Waals surface area contributed by atoms with Crippen molar-refractivity contribution in [1.29, 1.82) is 0 Å². The van der Waals surface area contributed by atoms with Gasteiger partial charge in [-0.2, -0.15) is 0 Å². The van der Waals surface area contributed by atoms with Crippen LogP contribution in [0.5, 0.6) is 5.75 Å². The number of phenols is 1. The highest BCUT2D eigenvalue weighted by molar-refractivity contribution is 6.31. The number of phenolic OH excluding ortho intramolecular Hbond substituents is 1. The summed E-state index contributed by atoms with van der Waals surface area (Å²) in [6.45, 7) is 0. The Morgan fingerprint density at radius 1 is 1.50 bits per heavy atom. The molecule has 1 aromatic rings. The highest BCUT2D eigenvalue weighted by Gasteiger charge is 2.45. The Balaban J connectivity index is 2.23. The molecular formula is C10H9ClO3. The molecule has 1 fully saturated rings. The average Bonchev–Trinajstić information content (AvgIpc) is 2.83. The van der Waals surface area contributed by atoms with Crippen molar-refractivity contribution in [3.63, 3.8) is 0 Å². The molecule has 14 heavy (non-hydrogen) atoms. The molecule has 0 saturated heterocycles. The van der Waals surface area contributed by atoms with E-state index in [0.29, 0.717) is 11.4 Å². The first-order valence-corrected chi connectivity index (χ1v) is 4.68. The molecule has 0 aromatic heterocycles. The molecule has 3 nitrogen and oxygen atoms in total. The van der Waals surface area contributed by atoms with E-state index >= 15 is 0 Å². The zero-order valence-electron chi connectivity index (χ0n) is 7.27. The molecule has 2 N–H and O–H groups in total. The van der Waals surface area contributed by atoms with Crippen LogP contribution in [0.1, 0.15) is 17.9 Å². The number of carboxylic acids is 1. The van der Waals surface area contributed by atoms with E-state index in [-0.39, 0.29) is 17.6 Å². The summed E-state index contributed by atoms with van der Waals surface area (Å²) < 4.78 is 0. The van der Waals surface area contributed by atoms with Crippen molar-refractivity contribution in [2.45, 2.75) is 12.3 Å². The lowest BCUT2D eigenvalue weighted by molar-refractivity contribution is -0.138. The number of hydrogen-bond donors (Lipinski definition) is 2. The van der Waals surface area contributed by atoms with Gasteiger partial charge in [0, 0.05) is 5.02 Å². The van der Waals surface area contributed by atoms with Crippen LogP contribution in [-0.4, -0.2) is 16.2 Å². The average molecular weight is 213 g/mol. The van der Waals surface area contributed by atoms with Crippen molar-refractivity contribution >= 4 is 17.6 Å². The van der Waals surface area contributed by atoms with Gasteiger partial charge in [0.15, 0.2) is 0 Å².